The Morgan fingerprint density at radius 3 is 2.36 bits per heavy atom. The fourth-order valence-corrected chi connectivity index (χ4v) is 2.20. The molecule has 0 saturated heterocycles. The smallest absolute Gasteiger partial charge is 0.220 e. The van der Waals surface area contributed by atoms with Gasteiger partial charge in [-0.25, -0.2) is 4.98 Å². The van der Waals surface area contributed by atoms with Gasteiger partial charge in [-0.05, 0) is 19.4 Å². The Morgan fingerprint density at radius 1 is 1.09 bits per heavy atom. The van der Waals surface area contributed by atoms with Crippen LogP contribution in [0.25, 0.3) is 0 Å². The third-order valence-electron chi connectivity index (χ3n) is 3.57. The van der Waals surface area contributed by atoms with Crippen LogP contribution in [0.2, 0.25) is 0 Å². The Balaban J connectivity index is 2.24. The molecule has 118 valence electrons. The lowest BCUT2D eigenvalue weighted by atomic mass is 10.1. The van der Waals surface area contributed by atoms with E-state index in [1.54, 1.807) is 0 Å². The van der Waals surface area contributed by atoms with E-state index < -0.39 is 0 Å². The van der Waals surface area contributed by atoms with Crippen LogP contribution in [0.1, 0.15) is 48.0 Å². The van der Waals surface area contributed by atoms with E-state index in [0.717, 1.165) is 22.6 Å². The van der Waals surface area contributed by atoms with Crippen molar-refractivity contribution in [3.63, 3.8) is 0 Å². The van der Waals surface area contributed by atoms with Gasteiger partial charge in [0.2, 0.25) is 5.88 Å². The zero-order chi connectivity index (χ0) is 16.1. The van der Waals surface area contributed by atoms with Crippen LogP contribution in [-0.4, -0.2) is 21.7 Å². The van der Waals surface area contributed by atoms with Crippen molar-refractivity contribution in [1.82, 2.24) is 9.97 Å². The molecular weight excluding hydrogens is 276 g/mol. The van der Waals surface area contributed by atoms with Crippen molar-refractivity contribution in [2.24, 2.45) is 0 Å². The first-order valence-corrected chi connectivity index (χ1v) is 7.68. The average molecular weight is 300 g/mol. The number of aliphatic hydroxyl groups excluding tert-OH is 1. The maximum Gasteiger partial charge on any atom is 0.220 e. The minimum atomic E-state index is 0.0616. The molecule has 2 aromatic rings. The third kappa shape index (κ3) is 4.04. The summed E-state index contributed by atoms with van der Waals surface area (Å²) < 4.78 is 5.93. The van der Waals surface area contributed by atoms with Gasteiger partial charge in [0.25, 0.3) is 0 Å². The van der Waals surface area contributed by atoms with Gasteiger partial charge in [-0.1, -0.05) is 43.7 Å². The minimum Gasteiger partial charge on any atom is -0.473 e. The number of aromatic nitrogens is 2. The maximum atomic E-state index is 9.25. The predicted molar refractivity (Wildman–Crippen MR) is 87.2 cm³/mol. The van der Waals surface area contributed by atoms with Crippen LogP contribution in [0.5, 0.6) is 5.88 Å². The van der Waals surface area contributed by atoms with Crippen LogP contribution in [0.3, 0.4) is 0 Å². The third-order valence-corrected chi connectivity index (χ3v) is 3.57. The zero-order valence-electron chi connectivity index (χ0n) is 13.8. The van der Waals surface area contributed by atoms with Gasteiger partial charge in [0.05, 0.1) is 0 Å². The van der Waals surface area contributed by atoms with Gasteiger partial charge < -0.3 is 9.84 Å². The molecule has 0 aliphatic carbocycles. The highest BCUT2D eigenvalue weighted by Gasteiger charge is 2.14. The van der Waals surface area contributed by atoms with Crippen molar-refractivity contribution in [3.05, 3.63) is 52.5 Å². The molecule has 0 fully saturated rings. The van der Waals surface area contributed by atoms with Crippen molar-refractivity contribution >= 4 is 0 Å². The van der Waals surface area contributed by atoms with E-state index in [-0.39, 0.29) is 12.5 Å². The first-order valence-electron chi connectivity index (χ1n) is 7.68. The Hall–Kier alpha value is -1.94. The molecule has 1 aromatic carbocycles. The molecule has 0 aliphatic rings. The highest BCUT2D eigenvalue weighted by molar-refractivity contribution is 5.32. The average Bonchev–Trinajstić information content (AvgIpc) is 2.49. The Kier molecular flexibility index (Phi) is 5.50. The molecule has 4 nitrogen and oxygen atoms in total. The van der Waals surface area contributed by atoms with Gasteiger partial charge in [0.15, 0.2) is 0 Å². The lowest BCUT2D eigenvalue weighted by molar-refractivity contribution is 0.274. The molecule has 0 spiro atoms. The van der Waals surface area contributed by atoms with Gasteiger partial charge in [-0.3, -0.25) is 0 Å². The molecule has 22 heavy (non-hydrogen) atoms. The molecule has 1 aromatic heterocycles. The lowest BCUT2D eigenvalue weighted by Gasteiger charge is -2.15. The van der Waals surface area contributed by atoms with E-state index in [0.29, 0.717) is 18.9 Å². The lowest BCUT2D eigenvalue weighted by Crippen LogP contribution is -2.10. The molecule has 0 atom stereocenters. The molecule has 0 aliphatic heterocycles. The van der Waals surface area contributed by atoms with E-state index in [1.807, 2.05) is 6.92 Å². The topological polar surface area (TPSA) is 55.2 Å². The van der Waals surface area contributed by atoms with Gasteiger partial charge in [-0.2, -0.15) is 4.98 Å². The van der Waals surface area contributed by atoms with Gasteiger partial charge in [0.1, 0.15) is 12.4 Å². The Morgan fingerprint density at radius 2 is 1.77 bits per heavy atom. The fourth-order valence-electron chi connectivity index (χ4n) is 2.20. The monoisotopic (exact) mass is 300 g/mol. The van der Waals surface area contributed by atoms with Crippen LogP contribution in [0.15, 0.2) is 24.3 Å². The van der Waals surface area contributed by atoms with Crippen molar-refractivity contribution in [1.29, 1.82) is 0 Å². The van der Waals surface area contributed by atoms with Crippen molar-refractivity contribution in [2.45, 2.75) is 46.6 Å². The molecular formula is C18H24N2O2. The Labute approximate surface area is 132 Å². The summed E-state index contributed by atoms with van der Waals surface area (Å²) in [5, 5.41) is 9.25. The molecule has 1 N–H and O–H groups in total. The maximum absolute atomic E-state index is 9.25. The van der Waals surface area contributed by atoms with Gasteiger partial charge in [-0.15, -0.1) is 0 Å². The predicted octanol–water partition coefficient (Wildman–Crippen LogP) is 3.33. The number of ether oxygens (including phenoxy) is 1. The molecule has 0 bridgehead atoms. The second kappa shape index (κ2) is 7.36. The molecule has 0 amide bonds. The van der Waals surface area contributed by atoms with Gasteiger partial charge >= 0.3 is 0 Å². The van der Waals surface area contributed by atoms with E-state index in [1.165, 1.54) is 5.56 Å². The number of hydrogen-bond acceptors (Lipinski definition) is 4. The number of aryl methyl sites for hydroxylation is 2. The summed E-state index contributed by atoms with van der Waals surface area (Å²) in [6.45, 7) is 8.65. The molecule has 1 heterocycles. The largest absolute Gasteiger partial charge is 0.473 e. The van der Waals surface area contributed by atoms with Crippen LogP contribution in [0, 0.1) is 13.8 Å². The van der Waals surface area contributed by atoms with Crippen molar-refractivity contribution < 1.29 is 9.84 Å². The summed E-state index contributed by atoms with van der Waals surface area (Å²) in [5.74, 6) is 1.60. The first-order chi connectivity index (χ1) is 10.5. The second-order valence-corrected chi connectivity index (χ2v) is 5.85. The molecule has 2 rings (SSSR count). The van der Waals surface area contributed by atoms with E-state index in [2.05, 4.69) is 55.0 Å². The zero-order valence-corrected chi connectivity index (χ0v) is 13.8. The number of benzene rings is 1. The van der Waals surface area contributed by atoms with E-state index in [9.17, 15) is 5.11 Å². The second-order valence-electron chi connectivity index (χ2n) is 5.85. The molecule has 4 heteroatoms. The standard InChI is InChI=1S/C18H24N2O2/c1-12(2)17-19-14(4)16(9-10-21)18(20-17)22-11-15-7-5-13(3)6-8-15/h5-8,12,21H,9-11H2,1-4H3. The Bertz CT molecular complexity index is 622. The minimum absolute atomic E-state index is 0.0616. The summed E-state index contributed by atoms with van der Waals surface area (Å²) in [6, 6.07) is 8.24. The number of rotatable bonds is 6. The summed E-state index contributed by atoms with van der Waals surface area (Å²) in [4.78, 5) is 9.06. The van der Waals surface area contributed by atoms with Crippen molar-refractivity contribution in [3.8, 4) is 5.88 Å². The fraction of sp³-hybridized carbons (Fsp3) is 0.444. The number of nitrogens with zero attached hydrogens (tertiary/aromatic N) is 2. The van der Waals surface area contributed by atoms with E-state index >= 15 is 0 Å². The van der Waals surface area contributed by atoms with Crippen LogP contribution in [-0.2, 0) is 13.0 Å². The normalized spacial score (nSPS) is 11.0. The quantitative estimate of drug-likeness (QED) is 0.889. The SMILES string of the molecule is Cc1ccc(COc2nc(C(C)C)nc(C)c2CCO)cc1. The highest BCUT2D eigenvalue weighted by Crippen LogP contribution is 2.23. The molecule has 0 radical (unpaired) electrons. The van der Waals surface area contributed by atoms with Crippen LogP contribution in [0.4, 0.5) is 0 Å². The van der Waals surface area contributed by atoms with E-state index in [4.69, 9.17) is 4.74 Å². The first kappa shape index (κ1) is 16.4. The van der Waals surface area contributed by atoms with Crippen LogP contribution >= 0.6 is 0 Å². The van der Waals surface area contributed by atoms with Crippen molar-refractivity contribution in [2.75, 3.05) is 6.61 Å². The summed E-state index contributed by atoms with van der Waals surface area (Å²) in [6.07, 6.45) is 0.507. The summed E-state index contributed by atoms with van der Waals surface area (Å²) in [7, 11) is 0. The molecule has 0 unspecified atom stereocenters. The molecule has 0 saturated carbocycles. The van der Waals surface area contributed by atoms with Gasteiger partial charge in [0, 0.05) is 30.2 Å². The summed E-state index contributed by atoms with van der Waals surface area (Å²) in [5.41, 5.74) is 4.10. The highest BCUT2D eigenvalue weighted by atomic mass is 16.5. The van der Waals surface area contributed by atoms with Crippen LogP contribution < -0.4 is 4.74 Å². The number of hydrogen-bond donors (Lipinski definition) is 1. The summed E-state index contributed by atoms with van der Waals surface area (Å²) >= 11 is 0. The number of aliphatic hydroxyl groups is 1.